The lowest BCUT2D eigenvalue weighted by Crippen LogP contribution is -2.05. The third kappa shape index (κ3) is 1.86. The number of benzene rings is 1. The molecule has 0 radical (unpaired) electrons. The van der Waals surface area contributed by atoms with Crippen molar-refractivity contribution in [2.45, 2.75) is 19.3 Å². The molecule has 2 aromatic heterocycles. The maximum atomic E-state index is 5.93. The van der Waals surface area contributed by atoms with Crippen molar-refractivity contribution < 1.29 is 4.52 Å². The van der Waals surface area contributed by atoms with Gasteiger partial charge >= 0.3 is 0 Å². The average molecular weight is 263 g/mol. The second kappa shape index (κ2) is 4.42. The first-order valence-electron chi connectivity index (χ1n) is 5.57. The van der Waals surface area contributed by atoms with Gasteiger partial charge in [0.25, 0.3) is 0 Å². The fourth-order valence-corrected chi connectivity index (χ4v) is 2.15. The molecule has 0 amide bonds. The zero-order valence-electron chi connectivity index (χ0n) is 9.80. The minimum absolute atomic E-state index is 0.353. The van der Waals surface area contributed by atoms with Crippen LogP contribution in [0.15, 0.2) is 28.8 Å². The normalized spacial score (nSPS) is 11.2. The van der Waals surface area contributed by atoms with Gasteiger partial charge in [-0.05, 0) is 12.1 Å². The SMILES string of the molecule is Cc1nc(Cn2c(CCl)nc3ccccc32)no1. The van der Waals surface area contributed by atoms with E-state index in [-0.39, 0.29) is 0 Å². The summed E-state index contributed by atoms with van der Waals surface area (Å²) in [6.07, 6.45) is 0. The lowest BCUT2D eigenvalue weighted by molar-refractivity contribution is 0.386. The van der Waals surface area contributed by atoms with Crippen LogP contribution in [0, 0.1) is 6.92 Å². The number of alkyl halides is 1. The number of aromatic nitrogens is 4. The van der Waals surface area contributed by atoms with Gasteiger partial charge in [-0.2, -0.15) is 4.98 Å². The van der Waals surface area contributed by atoms with Gasteiger partial charge in [0.2, 0.25) is 5.89 Å². The monoisotopic (exact) mass is 262 g/mol. The minimum atomic E-state index is 0.353. The molecule has 0 aliphatic heterocycles. The van der Waals surface area contributed by atoms with E-state index in [9.17, 15) is 0 Å². The smallest absolute Gasteiger partial charge is 0.223 e. The van der Waals surface area contributed by atoms with Gasteiger partial charge < -0.3 is 9.09 Å². The molecule has 0 atom stereocenters. The van der Waals surface area contributed by atoms with Gasteiger partial charge in [0.15, 0.2) is 5.82 Å². The number of imidazole rings is 1. The Bertz CT molecular complexity index is 688. The molecule has 0 N–H and O–H groups in total. The van der Waals surface area contributed by atoms with Crippen molar-refractivity contribution in [3.63, 3.8) is 0 Å². The van der Waals surface area contributed by atoms with E-state index < -0.39 is 0 Å². The molecule has 0 aliphatic carbocycles. The Kier molecular flexibility index (Phi) is 2.76. The van der Waals surface area contributed by atoms with Crippen molar-refractivity contribution in [3.8, 4) is 0 Å². The number of nitrogens with zero attached hydrogens (tertiary/aromatic N) is 4. The average Bonchev–Trinajstić information content (AvgIpc) is 2.94. The maximum absolute atomic E-state index is 5.93. The summed E-state index contributed by atoms with van der Waals surface area (Å²) in [7, 11) is 0. The van der Waals surface area contributed by atoms with E-state index >= 15 is 0 Å². The van der Waals surface area contributed by atoms with Crippen LogP contribution < -0.4 is 0 Å². The third-order valence-corrected chi connectivity index (χ3v) is 2.96. The quantitative estimate of drug-likeness (QED) is 0.681. The van der Waals surface area contributed by atoms with Gasteiger partial charge in [-0.1, -0.05) is 17.3 Å². The van der Waals surface area contributed by atoms with Crippen LogP contribution >= 0.6 is 11.6 Å². The first-order valence-corrected chi connectivity index (χ1v) is 6.10. The molecule has 18 heavy (non-hydrogen) atoms. The second-order valence-electron chi connectivity index (χ2n) is 3.97. The predicted molar refractivity (Wildman–Crippen MR) is 67.4 cm³/mol. The topological polar surface area (TPSA) is 56.7 Å². The summed E-state index contributed by atoms with van der Waals surface area (Å²) in [6, 6.07) is 7.89. The number of aryl methyl sites for hydroxylation is 1. The van der Waals surface area contributed by atoms with Gasteiger partial charge in [-0.15, -0.1) is 11.6 Å². The lowest BCUT2D eigenvalue weighted by Gasteiger charge is -2.03. The molecule has 0 saturated heterocycles. The summed E-state index contributed by atoms with van der Waals surface area (Å²) in [5.74, 6) is 2.34. The van der Waals surface area contributed by atoms with E-state index in [1.165, 1.54) is 0 Å². The van der Waals surface area contributed by atoms with Gasteiger partial charge in [0, 0.05) is 6.92 Å². The van der Waals surface area contributed by atoms with E-state index in [0.717, 1.165) is 16.9 Å². The van der Waals surface area contributed by atoms with Crippen LogP contribution in [0.2, 0.25) is 0 Å². The minimum Gasteiger partial charge on any atom is -0.340 e. The van der Waals surface area contributed by atoms with Crippen molar-refractivity contribution in [2.75, 3.05) is 0 Å². The summed E-state index contributed by atoms with van der Waals surface area (Å²) in [5, 5.41) is 3.90. The van der Waals surface area contributed by atoms with Crippen molar-refractivity contribution >= 4 is 22.6 Å². The molecule has 0 saturated carbocycles. The summed E-state index contributed by atoms with van der Waals surface area (Å²) >= 11 is 5.93. The van der Waals surface area contributed by atoms with E-state index in [1.807, 2.05) is 28.8 Å². The van der Waals surface area contributed by atoms with E-state index in [1.54, 1.807) is 6.92 Å². The fraction of sp³-hybridized carbons (Fsp3) is 0.250. The van der Waals surface area contributed by atoms with E-state index in [2.05, 4.69) is 15.1 Å². The highest BCUT2D eigenvalue weighted by Gasteiger charge is 2.12. The maximum Gasteiger partial charge on any atom is 0.223 e. The Morgan fingerprint density at radius 1 is 1.28 bits per heavy atom. The van der Waals surface area contributed by atoms with Crippen molar-refractivity contribution in [1.82, 2.24) is 19.7 Å². The summed E-state index contributed by atoms with van der Waals surface area (Å²) in [5.41, 5.74) is 1.95. The van der Waals surface area contributed by atoms with Crippen molar-refractivity contribution in [2.24, 2.45) is 0 Å². The molecule has 5 nitrogen and oxygen atoms in total. The zero-order valence-corrected chi connectivity index (χ0v) is 10.6. The van der Waals surface area contributed by atoms with Gasteiger partial charge in [0.05, 0.1) is 23.5 Å². The van der Waals surface area contributed by atoms with Crippen LogP contribution in [-0.2, 0) is 12.4 Å². The van der Waals surface area contributed by atoms with Gasteiger partial charge in [0.1, 0.15) is 5.82 Å². The molecule has 92 valence electrons. The Labute approximate surface area is 108 Å². The van der Waals surface area contributed by atoms with Crippen LogP contribution in [0.25, 0.3) is 11.0 Å². The molecule has 0 spiro atoms. The molecule has 6 heteroatoms. The first kappa shape index (κ1) is 11.2. The highest BCUT2D eigenvalue weighted by atomic mass is 35.5. The second-order valence-corrected chi connectivity index (χ2v) is 4.23. The number of hydrogen-bond acceptors (Lipinski definition) is 4. The fourth-order valence-electron chi connectivity index (χ4n) is 1.95. The molecule has 0 unspecified atom stereocenters. The summed E-state index contributed by atoms with van der Waals surface area (Å²) in [4.78, 5) is 8.68. The lowest BCUT2D eigenvalue weighted by atomic mass is 10.3. The number of halogens is 1. The Morgan fingerprint density at radius 2 is 2.11 bits per heavy atom. The van der Waals surface area contributed by atoms with Gasteiger partial charge in [-0.25, -0.2) is 4.98 Å². The standard InChI is InChI=1S/C12H11ClN4O/c1-8-14-11(16-18-8)7-17-10-5-3-2-4-9(10)15-12(17)6-13/h2-5H,6-7H2,1H3. The number of rotatable bonds is 3. The molecule has 0 aliphatic rings. The largest absolute Gasteiger partial charge is 0.340 e. The predicted octanol–water partition coefficient (Wildman–Crippen LogP) is 2.51. The Hall–Kier alpha value is -1.88. The molecule has 0 bridgehead atoms. The van der Waals surface area contributed by atoms with Crippen LogP contribution in [0.5, 0.6) is 0 Å². The van der Waals surface area contributed by atoms with Crippen molar-refractivity contribution in [3.05, 3.63) is 41.8 Å². The van der Waals surface area contributed by atoms with Crippen LogP contribution in [0.3, 0.4) is 0 Å². The third-order valence-electron chi connectivity index (χ3n) is 2.72. The Balaban J connectivity index is 2.09. The Morgan fingerprint density at radius 3 is 2.83 bits per heavy atom. The number of hydrogen-bond donors (Lipinski definition) is 0. The number of fused-ring (bicyclic) bond motifs is 1. The molecule has 3 aromatic rings. The summed E-state index contributed by atoms with van der Waals surface area (Å²) in [6.45, 7) is 2.28. The highest BCUT2D eigenvalue weighted by Crippen LogP contribution is 2.18. The van der Waals surface area contributed by atoms with Crippen LogP contribution in [-0.4, -0.2) is 19.7 Å². The number of para-hydroxylation sites is 2. The highest BCUT2D eigenvalue weighted by molar-refractivity contribution is 6.16. The molecule has 1 aromatic carbocycles. The summed E-state index contributed by atoms with van der Waals surface area (Å²) < 4.78 is 6.98. The van der Waals surface area contributed by atoms with Crippen molar-refractivity contribution in [1.29, 1.82) is 0 Å². The van der Waals surface area contributed by atoms with Gasteiger partial charge in [-0.3, -0.25) is 0 Å². The molecule has 3 rings (SSSR count). The molecular weight excluding hydrogens is 252 g/mol. The van der Waals surface area contributed by atoms with Crippen LogP contribution in [0.1, 0.15) is 17.5 Å². The first-order chi connectivity index (χ1) is 8.78. The molecular formula is C12H11ClN4O. The zero-order chi connectivity index (χ0) is 12.5. The van der Waals surface area contributed by atoms with Crippen LogP contribution in [0.4, 0.5) is 0 Å². The molecule has 2 heterocycles. The van der Waals surface area contributed by atoms with E-state index in [4.69, 9.17) is 16.1 Å². The molecule has 0 fully saturated rings. The van der Waals surface area contributed by atoms with E-state index in [0.29, 0.717) is 24.1 Å².